The van der Waals surface area contributed by atoms with Crippen LogP contribution in [0.2, 0.25) is 0 Å². The maximum Gasteiger partial charge on any atom is 0.268 e. The van der Waals surface area contributed by atoms with Crippen LogP contribution in [0.25, 0.3) is 22.4 Å². The summed E-state index contributed by atoms with van der Waals surface area (Å²) in [6.45, 7) is 5.83. The second-order valence-corrected chi connectivity index (χ2v) is 8.45. The molecule has 1 aliphatic heterocycles. The van der Waals surface area contributed by atoms with Crippen molar-refractivity contribution in [3.05, 3.63) is 60.0 Å². The van der Waals surface area contributed by atoms with Gasteiger partial charge in [-0.1, -0.05) is 42.0 Å². The van der Waals surface area contributed by atoms with E-state index in [0.29, 0.717) is 17.5 Å². The van der Waals surface area contributed by atoms with E-state index in [9.17, 15) is 0 Å². The zero-order chi connectivity index (χ0) is 20.8. The lowest BCUT2D eigenvalue weighted by Gasteiger charge is -2.37. The largest absolute Gasteiger partial charge is 0.419 e. The molecule has 0 bridgehead atoms. The Kier molecular flexibility index (Phi) is 4.33. The summed E-state index contributed by atoms with van der Waals surface area (Å²) >= 11 is 0. The maximum atomic E-state index is 5.91. The minimum absolute atomic E-state index is 0.421. The fraction of sp³-hybridized carbons (Fsp3) is 0.333. The Morgan fingerprint density at radius 3 is 2.23 bits per heavy atom. The van der Waals surface area contributed by atoms with Crippen molar-refractivity contribution in [2.24, 2.45) is 0 Å². The number of fused-ring (bicyclic) bond motifs is 1. The van der Waals surface area contributed by atoms with Gasteiger partial charge in [0.05, 0.1) is 0 Å². The molecule has 0 radical (unpaired) electrons. The van der Waals surface area contributed by atoms with Crippen LogP contribution in [0.3, 0.4) is 0 Å². The van der Waals surface area contributed by atoms with Crippen LogP contribution in [0.15, 0.2) is 52.9 Å². The number of nitrogens with zero attached hydrogens (tertiary/aromatic N) is 6. The molecule has 2 aromatic carbocycles. The van der Waals surface area contributed by atoms with Gasteiger partial charge in [0.1, 0.15) is 0 Å². The fourth-order valence-electron chi connectivity index (χ4n) is 4.24. The van der Waals surface area contributed by atoms with Crippen LogP contribution in [0.1, 0.15) is 30.2 Å². The van der Waals surface area contributed by atoms with Gasteiger partial charge in [-0.15, -0.1) is 20.4 Å². The number of anilines is 2. The Bertz CT molecular complexity index is 1220. The number of benzene rings is 2. The molecule has 7 nitrogen and oxygen atoms in total. The standard InChI is InChI=1S/C24H24N6O/c1-16-6-10-18(11-7-16)29-12-14-30(15-13-29)22-20-5-3-2-4-19(20)21(25-26-22)24-28-27-23(31-24)17-8-9-17/h2-7,10-11,17H,8-9,12-15H2,1H3. The second kappa shape index (κ2) is 7.34. The Balaban J connectivity index is 1.28. The SMILES string of the molecule is Cc1ccc(N2CCN(c3nnc(-c4nnc(C5CC5)o4)c4ccccc34)CC2)cc1. The van der Waals surface area contributed by atoms with Crippen molar-refractivity contribution < 1.29 is 4.42 Å². The van der Waals surface area contributed by atoms with E-state index in [1.165, 1.54) is 11.3 Å². The number of hydrogen-bond acceptors (Lipinski definition) is 7. The second-order valence-electron chi connectivity index (χ2n) is 8.45. The van der Waals surface area contributed by atoms with Crippen molar-refractivity contribution in [2.45, 2.75) is 25.7 Å². The summed E-state index contributed by atoms with van der Waals surface area (Å²) < 4.78 is 5.91. The van der Waals surface area contributed by atoms with Crippen molar-refractivity contribution in [1.29, 1.82) is 0 Å². The summed E-state index contributed by atoms with van der Waals surface area (Å²) in [6.07, 6.45) is 2.25. The van der Waals surface area contributed by atoms with Crippen LogP contribution in [-0.4, -0.2) is 46.6 Å². The van der Waals surface area contributed by atoms with E-state index >= 15 is 0 Å². The molecule has 7 heteroatoms. The molecule has 4 aromatic rings. The molecule has 2 aliphatic rings. The molecule has 3 heterocycles. The van der Waals surface area contributed by atoms with Gasteiger partial charge in [-0.05, 0) is 31.9 Å². The third-order valence-electron chi connectivity index (χ3n) is 6.22. The van der Waals surface area contributed by atoms with Crippen molar-refractivity contribution >= 4 is 22.3 Å². The molecule has 1 saturated heterocycles. The monoisotopic (exact) mass is 412 g/mol. The van der Waals surface area contributed by atoms with Crippen molar-refractivity contribution in [3.63, 3.8) is 0 Å². The number of hydrogen-bond donors (Lipinski definition) is 0. The van der Waals surface area contributed by atoms with E-state index < -0.39 is 0 Å². The summed E-state index contributed by atoms with van der Waals surface area (Å²) in [5.41, 5.74) is 3.23. The first-order valence-electron chi connectivity index (χ1n) is 10.9. The first-order valence-corrected chi connectivity index (χ1v) is 10.9. The molecule has 0 unspecified atom stereocenters. The highest BCUT2D eigenvalue weighted by Crippen LogP contribution is 2.40. The maximum absolute atomic E-state index is 5.91. The average Bonchev–Trinajstić information content (AvgIpc) is 3.56. The van der Waals surface area contributed by atoms with Gasteiger partial charge in [-0.25, -0.2) is 0 Å². The molecular formula is C24H24N6O. The molecule has 2 aromatic heterocycles. The number of aryl methyl sites for hydroxylation is 1. The third kappa shape index (κ3) is 3.40. The van der Waals surface area contributed by atoms with Gasteiger partial charge in [-0.3, -0.25) is 0 Å². The fourth-order valence-corrected chi connectivity index (χ4v) is 4.24. The van der Waals surface area contributed by atoms with Gasteiger partial charge in [0, 0.05) is 48.6 Å². The topological polar surface area (TPSA) is 71.2 Å². The zero-order valence-electron chi connectivity index (χ0n) is 17.5. The summed E-state index contributed by atoms with van der Waals surface area (Å²) in [4.78, 5) is 4.75. The summed E-state index contributed by atoms with van der Waals surface area (Å²) in [5.74, 6) is 2.52. The molecule has 156 valence electrons. The number of rotatable bonds is 4. The van der Waals surface area contributed by atoms with Crippen LogP contribution >= 0.6 is 0 Å². The van der Waals surface area contributed by atoms with E-state index in [1.807, 2.05) is 12.1 Å². The van der Waals surface area contributed by atoms with Crippen molar-refractivity contribution in [2.75, 3.05) is 36.0 Å². The normalized spacial score (nSPS) is 16.8. The molecular weight excluding hydrogens is 388 g/mol. The summed E-state index contributed by atoms with van der Waals surface area (Å²) in [6, 6.07) is 17.0. The lowest BCUT2D eigenvalue weighted by molar-refractivity contribution is 0.506. The van der Waals surface area contributed by atoms with Crippen LogP contribution in [0.5, 0.6) is 0 Å². The van der Waals surface area contributed by atoms with E-state index in [1.54, 1.807) is 0 Å². The van der Waals surface area contributed by atoms with Gasteiger partial charge < -0.3 is 14.2 Å². The van der Waals surface area contributed by atoms with E-state index in [-0.39, 0.29) is 0 Å². The minimum atomic E-state index is 0.421. The molecule has 1 aliphatic carbocycles. The number of piperazine rings is 1. The highest BCUT2D eigenvalue weighted by atomic mass is 16.4. The molecule has 0 spiro atoms. The third-order valence-corrected chi connectivity index (χ3v) is 6.22. The average molecular weight is 412 g/mol. The molecule has 31 heavy (non-hydrogen) atoms. The van der Waals surface area contributed by atoms with Crippen LogP contribution in [0, 0.1) is 6.92 Å². The van der Waals surface area contributed by atoms with Gasteiger partial charge in [0.25, 0.3) is 5.89 Å². The van der Waals surface area contributed by atoms with E-state index in [2.05, 4.69) is 73.5 Å². The molecule has 6 rings (SSSR count). The zero-order valence-corrected chi connectivity index (χ0v) is 17.5. The summed E-state index contributed by atoms with van der Waals surface area (Å²) in [7, 11) is 0. The smallest absolute Gasteiger partial charge is 0.268 e. The van der Waals surface area contributed by atoms with Gasteiger partial charge in [0.15, 0.2) is 11.5 Å². The van der Waals surface area contributed by atoms with E-state index in [4.69, 9.17) is 4.42 Å². The molecule has 0 atom stereocenters. The van der Waals surface area contributed by atoms with Crippen molar-refractivity contribution in [3.8, 4) is 11.6 Å². The molecule has 1 saturated carbocycles. The lowest BCUT2D eigenvalue weighted by atomic mass is 10.1. The Hall–Kier alpha value is -3.48. The molecule has 0 amide bonds. The van der Waals surface area contributed by atoms with Crippen LogP contribution in [-0.2, 0) is 0 Å². The predicted octanol–water partition coefficient (Wildman–Crippen LogP) is 4.19. The van der Waals surface area contributed by atoms with Gasteiger partial charge >= 0.3 is 0 Å². The summed E-state index contributed by atoms with van der Waals surface area (Å²) in [5, 5.41) is 19.7. The quantitative estimate of drug-likeness (QED) is 0.498. The van der Waals surface area contributed by atoms with Crippen molar-refractivity contribution in [1.82, 2.24) is 20.4 Å². The number of aromatic nitrogens is 4. The Morgan fingerprint density at radius 2 is 1.48 bits per heavy atom. The first kappa shape index (κ1) is 18.3. The van der Waals surface area contributed by atoms with Gasteiger partial charge in [-0.2, -0.15) is 0 Å². The molecule has 2 fully saturated rings. The van der Waals surface area contributed by atoms with Crippen LogP contribution < -0.4 is 9.80 Å². The minimum Gasteiger partial charge on any atom is -0.419 e. The highest BCUT2D eigenvalue weighted by molar-refractivity contribution is 5.99. The predicted molar refractivity (Wildman–Crippen MR) is 120 cm³/mol. The lowest BCUT2D eigenvalue weighted by Crippen LogP contribution is -2.47. The first-order chi connectivity index (χ1) is 15.3. The van der Waals surface area contributed by atoms with Crippen LogP contribution in [0.4, 0.5) is 11.5 Å². The molecule has 0 N–H and O–H groups in total. The van der Waals surface area contributed by atoms with Gasteiger partial charge in [0.2, 0.25) is 5.89 Å². The Labute approximate surface area is 180 Å². The Morgan fingerprint density at radius 1 is 0.774 bits per heavy atom. The van der Waals surface area contributed by atoms with E-state index in [0.717, 1.165) is 61.5 Å². The highest BCUT2D eigenvalue weighted by Gasteiger charge is 2.30.